The third-order valence-corrected chi connectivity index (χ3v) is 3.82. The maximum absolute atomic E-state index is 11.4. The molecule has 0 spiro atoms. The summed E-state index contributed by atoms with van der Waals surface area (Å²) in [6.07, 6.45) is -0.745. The van der Waals surface area contributed by atoms with Crippen LogP contribution in [0, 0.1) is 5.41 Å². The van der Waals surface area contributed by atoms with Crippen LogP contribution in [0.15, 0.2) is 42.5 Å². The summed E-state index contributed by atoms with van der Waals surface area (Å²) in [5.41, 5.74) is 8.28. The van der Waals surface area contributed by atoms with Crippen molar-refractivity contribution < 1.29 is 14.7 Å². The van der Waals surface area contributed by atoms with E-state index in [1.165, 1.54) is 24.0 Å². The van der Waals surface area contributed by atoms with Crippen molar-refractivity contribution in [3.63, 3.8) is 0 Å². The Bertz CT molecular complexity index is 880. The molecule has 0 saturated carbocycles. The topological polar surface area (TPSA) is 132 Å². The molecule has 1 heterocycles. The van der Waals surface area contributed by atoms with E-state index in [1.807, 2.05) is 0 Å². The number of carboxylic acids is 1. The third kappa shape index (κ3) is 3.02. The van der Waals surface area contributed by atoms with Gasteiger partial charge in [-0.25, -0.2) is 4.79 Å². The number of amidine groups is 1. The fraction of sp³-hybridized carbons (Fsp3) is 0.118. The first-order chi connectivity index (χ1) is 11.9. The van der Waals surface area contributed by atoms with Crippen LogP contribution in [0.25, 0.3) is 0 Å². The van der Waals surface area contributed by atoms with E-state index in [0.717, 1.165) is 0 Å². The van der Waals surface area contributed by atoms with E-state index in [2.05, 4.69) is 10.6 Å². The number of para-hydroxylation sites is 2. The zero-order valence-electron chi connectivity index (χ0n) is 13.4. The molecular formula is C17H17N5O3. The summed E-state index contributed by atoms with van der Waals surface area (Å²) in [7, 11) is 0. The van der Waals surface area contributed by atoms with Crippen LogP contribution in [0.5, 0.6) is 0 Å². The van der Waals surface area contributed by atoms with Gasteiger partial charge in [0.05, 0.1) is 16.9 Å². The van der Waals surface area contributed by atoms with Crippen molar-refractivity contribution in [3.05, 3.63) is 53.6 Å². The highest BCUT2D eigenvalue weighted by Crippen LogP contribution is 2.33. The minimum Gasteiger partial charge on any atom is -0.478 e. The van der Waals surface area contributed by atoms with Gasteiger partial charge >= 0.3 is 5.97 Å². The molecule has 0 bridgehead atoms. The second-order valence-electron chi connectivity index (χ2n) is 5.57. The van der Waals surface area contributed by atoms with Crippen LogP contribution >= 0.6 is 0 Å². The lowest BCUT2D eigenvalue weighted by Crippen LogP contribution is -2.54. The van der Waals surface area contributed by atoms with E-state index < -0.39 is 12.3 Å². The molecule has 0 aromatic heterocycles. The van der Waals surface area contributed by atoms with Gasteiger partial charge in [0.25, 0.3) is 0 Å². The minimum absolute atomic E-state index is 0.0437. The Morgan fingerprint density at radius 1 is 1.28 bits per heavy atom. The second-order valence-corrected chi connectivity index (χ2v) is 5.57. The number of carboxylic acid groups (broad SMARTS) is 1. The molecule has 2 aromatic rings. The number of hydrogen-bond acceptors (Lipinski definition) is 5. The van der Waals surface area contributed by atoms with Crippen LogP contribution in [0.3, 0.4) is 0 Å². The molecule has 0 fully saturated rings. The van der Waals surface area contributed by atoms with Crippen molar-refractivity contribution >= 4 is 34.8 Å². The lowest BCUT2D eigenvalue weighted by molar-refractivity contribution is -0.114. The van der Waals surface area contributed by atoms with Crippen molar-refractivity contribution in [1.29, 1.82) is 5.41 Å². The molecule has 6 N–H and O–H groups in total. The summed E-state index contributed by atoms with van der Waals surface area (Å²) in [6.45, 7) is 1.39. The molecule has 0 aliphatic carbocycles. The zero-order valence-corrected chi connectivity index (χ0v) is 13.4. The number of nitrogens with one attached hydrogen (secondary N) is 3. The molecule has 25 heavy (non-hydrogen) atoms. The molecule has 2 aromatic carbocycles. The highest BCUT2D eigenvalue weighted by Gasteiger charge is 2.30. The van der Waals surface area contributed by atoms with Crippen molar-refractivity contribution in [2.75, 3.05) is 15.5 Å². The van der Waals surface area contributed by atoms with Gasteiger partial charge in [-0.1, -0.05) is 12.1 Å². The average Bonchev–Trinajstić information content (AvgIpc) is 2.55. The number of aromatic carboxylic acids is 1. The smallest absolute Gasteiger partial charge is 0.335 e. The van der Waals surface area contributed by atoms with E-state index in [0.29, 0.717) is 22.6 Å². The van der Waals surface area contributed by atoms with Gasteiger partial charge in [-0.15, -0.1) is 0 Å². The molecule has 8 heteroatoms. The van der Waals surface area contributed by atoms with Crippen LogP contribution in [0.1, 0.15) is 22.8 Å². The fourth-order valence-electron chi connectivity index (χ4n) is 2.74. The van der Waals surface area contributed by atoms with E-state index in [9.17, 15) is 14.7 Å². The lowest BCUT2D eigenvalue weighted by Gasteiger charge is -2.38. The summed E-state index contributed by atoms with van der Waals surface area (Å²) in [5.74, 6) is -1.27. The molecule has 0 radical (unpaired) electrons. The van der Waals surface area contributed by atoms with Gasteiger partial charge in [0.1, 0.15) is 5.84 Å². The Labute approximate surface area is 143 Å². The van der Waals surface area contributed by atoms with Gasteiger partial charge in [-0.2, -0.15) is 0 Å². The van der Waals surface area contributed by atoms with Gasteiger partial charge in [0.2, 0.25) is 5.91 Å². The maximum Gasteiger partial charge on any atom is 0.335 e. The molecular weight excluding hydrogens is 322 g/mol. The molecule has 1 amide bonds. The Morgan fingerprint density at radius 3 is 2.68 bits per heavy atom. The summed E-state index contributed by atoms with van der Waals surface area (Å²) in [4.78, 5) is 24.1. The van der Waals surface area contributed by atoms with Crippen LogP contribution in [-0.4, -0.2) is 29.1 Å². The van der Waals surface area contributed by atoms with Crippen LogP contribution in [0.4, 0.5) is 17.1 Å². The number of carbonyl (C=O) groups excluding carboxylic acids is 1. The van der Waals surface area contributed by atoms with Crippen LogP contribution < -0.4 is 21.3 Å². The Kier molecular flexibility index (Phi) is 4.12. The predicted octanol–water partition coefficient (Wildman–Crippen LogP) is 1.84. The molecule has 128 valence electrons. The first-order valence-corrected chi connectivity index (χ1v) is 7.52. The van der Waals surface area contributed by atoms with Gasteiger partial charge < -0.3 is 15.7 Å². The van der Waals surface area contributed by atoms with Crippen molar-refractivity contribution in [1.82, 2.24) is 0 Å². The molecule has 1 unspecified atom stereocenters. The quantitative estimate of drug-likeness (QED) is 0.580. The summed E-state index contributed by atoms with van der Waals surface area (Å²) in [5, 5.41) is 23.4. The largest absolute Gasteiger partial charge is 0.478 e. The third-order valence-electron chi connectivity index (χ3n) is 3.82. The van der Waals surface area contributed by atoms with E-state index in [1.54, 1.807) is 30.3 Å². The first kappa shape index (κ1) is 16.5. The Morgan fingerprint density at radius 2 is 2.00 bits per heavy atom. The van der Waals surface area contributed by atoms with Crippen molar-refractivity contribution in [2.24, 2.45) is 5.73 Å². The molecule has 1 atom stereocenters. The molecule has 0 saturated heterocycles. The van der Waals surface area contributed by atoms with Gasteiger partial charge in [0, 0.05) is 18.2 Å². The number of fused-ring (bicyclic) bond motifs is 1. The highest BCUT2D eigenvalue weighted by atomic mass is 16.4. The Hall–Kier alpha value is -3.39. The molecule has 1 aliphatic rings. The standard InChI is InChI=1S/C17H17N5O3/c1-9(23)20-13-4-2-3-5-14(13)22-15(18)11-8-10(16(24)25)6-7-12(11)21-17(22)19/h2-8,17-18,21H,19H2,1H3,(H,20,23)(H,24,25). The SMILES string of the molecule is CC(=O)Nc1ccccc1N1C(=N)c2cc(C(=O)O)ccc2NC1N. The average molecular weight is 339 g/mol. The van der Waals surface area contributed by atoms with Crippen LogP contribution in [0.2, 0.25) is 0 Å². The second kappa shape index (κ2) is 6.25. The number of nitrogens with zero attached hydrogens (tertiary/aromatic N) is 1. The van der Waals surface area contributed by atoms with E-state index >= 15 is 0 Å². The van der Waals surface area contributed by atoms with Gasteiger partial charge in [0.15, 0.2) is 6.29 Å². The van der Waals surface area contributed by atoms with Crippen molar-refractivity contribution in [3.8, 4) is 0 Å². The van der Waals surface area contributed by atoms with Gasteiger partial charge in [-0.05, 0) is 30.3 Å². The lowest BCUT2D eigenvalue weighted by atomic mass is 10.0. The van der Waals surface area contributed by atoms with Gasteiger partial charge in [-0.3, -0.25) is 20.8 Å². The number of nitrogens with two attached hydrogens (primary N) is 1. The van der Waals surface area contributed by atoms with Crippen molar-refractivity contribution in [2.45, 2.75) is 13.2 Å². The monoisotopic (exact) mass is 339 g/mol. The Balaban J connectivity index is 2.07. The number of amides is 1. The molecule has 1 aliphatic heterocycles. The van der Waals surface area contributed by atoms with E-state index in [4.69, 9.17) is 11.1 Å². The molecule has 3 rings (SSSR count). The summed E-state index contributed by atoms with van der Waals surface area (Å²) < 4.78 is 0. The highest BCUT2D eigenvalue weighted by molar-refractivity contribution is 6.16. The number of carbonyl (C=O) groups is 2. The molecule has 8 nitrogen and oxygen atoms in total. The van der Waals surface area contributed by atoms with E-state index in [-0.39, 0.29) is 17.3 Å². The fourth-order valence-corrected chi connectivity index (χ4v) is 2.74. The normalized spacial score (nSPS) is 16.0. The first-order valence-electron chi connectivity index (χ1n) is 7.52. The summed E-state index contributed by atoms with van der Waals surface area (Å²) in [6, 6.07) is 11.4. The zero-order chi connectivity index (χ0) is 18.1. The summed E-state index contributed by atoms with van der Waals surface area (Å²) >= 11 is 0. The number of rotatable bonds is 3. The number of benzene rings is 2. The number of anilines is 3. The maximum atomic E-state index is 11.4. The number of hydrogen-bond donors (Lipinski definition) is 5. The van der Waals surface area contributed by atoms with Crippen LogP contribution in [-0.2, 0) is 4.79 Å². The minimum atomic E-state index is -1.07. The predicted molar refractivity (Wildman–Crippen MR) is 95.1 cm³/mol.